The van der Waals surface area contributed by atoms with Crippen LogP contribution in [0, 0.1) is 0 Å². The molecule has 136 valence electrons. The number of rotatable bonds is 7. The van der Waals surface area contributed by atoms with E-state index in [2.05, 4.69) is 34.5 Å². The second-order valence-electron chi connectivity index (χ2n) is 5.55. The summed E-state index contributed by atoms with van der Waals surface area (Å²) in [5, 5.41) is 6.27. The van der Waals surface area contributed by atoms with Gasteiger partial charge in [0.05, 0.1) is 12.1 Å². The Balaban J connectivity index is 2.34. The van der Waals surface area contributed by atoms with Gasteiger partial charge in [-0.15, -0.1) is 0 Å². The highest BCUT2D eigenvalue weighted by Gasteiger charge is 2.30. The maximum Gasteiger partial charge on any atom is 0.417 e. The van der Waals surface area contributed by atoms with E-state index in [1.54, 1.807) is 18.8 Å². The van der Waals surface area contributed by atoms with Crippen molar-refractivity contribution in [1.82, 2.24) is 15.6 Å². The molecule has 0 aliphatic carbocycles. The number of hydrogen-bond donors (Lipinski definition) is 2. The summed E-state index contributed by atoms with van der Waals surface area (Å²) in [5.74, 6) is 0.789. The lowest BCUT2D eigenvalue weighted by Crippen LogP contribution is -2.44. The van der Waals surface area contributed by atoms with Gasteiger partial charge in [0.25, 0.3) is 0 Å². The lowest BCUT2D eigenvalue weighted by molar-refractivity contribution is -0.137. The van der Waals surface area contributed by atoms with Crippen LogP contribution in [0.4, 0.5) is 13.2 Å². The molecule has 5 nitrogen and oxygen atoms in total. The summed E-state index contributed by atoms with van der Waals surface area (Å²) in [5.41, 5.74) is -0.797. The van der Waals surface area contributed by atoms with Crippen LogP contribution in [-0.4, -0.2) is 48.7 Å². The van der Waals surface area contributed by atoms with E-state index < -0.39 is 11.7 Å². The second kappa shape index (κ2) is 9.00. The molecule has 0 aliphatic rings. The zero-order valence-corrected chi connectivity index (χ0v) is 15.0. The van der Waals surface area contributed by atoms with E-state index in [1.165, 1.54) is 6.07 Å². The van der Waals surface area contributed by atoms with Crippen molar-refractivity contribution >= 4 is 17.7 Å². The van der Waals surface area contributed by atoms with Crippen molar-refractivity contribution in [1.29, 1.82) is 0 Å². The summed E-state index contributed by atoms with van der Waals surface area (Å²) in [6.07, 6.45) is -1.59. The van der Waals surface area contributed by atoms with Gasteiger partial charge in [-0.25, -0.2) is 4.98 Å². The van der Waals surface area contributed by atoms with Crippen LogP contribution in [-0.2, 0) is 6.18 Å². The van der Waals surface area contributed by atoms with Crippen molar-refractivity contribution in [2.45, 2.75) is 24.8 Å². The third-order valence-corrected chi connectivity index (χ3v) is 4.42. The molecule has 24 heavy (non-hydrogen) atoms. The molecule has 1 aromatic rings. The zero-order valence-electron chi connectivity index (χ0n) is 14.2. The highest BCUT2D eigenvalue weighted by Crippen LogP contribution is 2.29. The van der Waals surface area contributed by atoms with Crippen molar-refractivity contribution in [3.63, 3.8) is 0 Å². The Morgan fingerprint density at radius 2 is 2.00 bits per heavy atom. The molecule has 0 aromatic carbocycles. The van der Waals surface area contributed by atoms with Crippen LogP contribution in [0.25, 0.3) is 0 Å². The molecule has 9 heteroatoms. The molecule has 1 aromatic heterocycles. The third-order valence-electron chi connectivity index (χ3n) is 3.17. The minimum absolute atomic E-state index is 0.0816. The van der Waals surface area contributed by atoms with E-state index in [0.717, 1.165) is 18.8 Å². The Kier molecular flexibility index (Phi) is 7.65. The van der Waals surface area contributed by atoms with Gasteiger partial charge in [-0.3, -0.25) is 4.99 Å². The first-order chi connectivity index (χ1) is 11.2. The van der Waals surface area contributed by atoms with E-state index in [1.807, 2.05) is 6.26 Å². The second-order valence-corrected chi connectivity index (χ2v) is 7.06. The van der Waals surface area contributed by atoms with Gasteiger partial charge in [0.1, 0.15) is 6.61 Å². The number of pyridine rings is 1. The molecule has 0 saturated carbocycles. The highest BCUT2D eigenvalue weighted by atomic mass is 32.2. The fraction of sp³-hybridized carbons (Fsp3) is 0.600. The van der Waals surface area contributed by atoms with Gasteiger partial charge in [0, 0.05) is 30.6 Å². The molecule has 0 aliphatic heterocycles. The standard InChI is InChI=1S/C15H23F3N4OS/c1-14(2,24-4)10-22-13(19-3)20-7-8-23-12-6-5-11(9-21-12)15(16,17)18/h5-6,9H,7-8,10H2,1-4H3,(H2,19,20,22). The molecule has 0 fully saturated rings. The normalized spacial score (nSPS) is 12.9. The van der Waals surface area contributed by atoms with Crippen LogP contribution >= 0.6 is 11.8 Å². The molecule has 0 spiro atoms. The van der Waals surface area contributed by atoms with Gasteiger partial charge in [0.2, 0.25) is 5.88 Å². The molecule has 1 heterocycles. The summed E-state index contributed by atoms with van der Waals surface area (Å²) in [7, 11) is 1.67. The summed E-state index contributed by atoms with van der Waals surface area (Å²) >= 11 is 1.75. The maximum atomic E-state index is 12.4. The van der Waals surface area contributed by atoms with Gasteiger partial charge < -0.3 is 15.4 Å². The molecule has 2 N–H and O–H groups in total. The van der Waals surface area contributed by atoms with Crippen molar-refractivity contribution in [3.8, 4) is 5.88 Å². The molecule has 0 saturated heterocycles. The van der Waals surface area contributed by atoms with E-state index in [9.17, 15) is 13.2 Å². The SMILES string of the molecule is CN=C(NCCOc1ccc(C(F)(F)F)cn1)NCC(C)(C)SC. The van der Waals surface area contributed by atoms with Crippen molar-refractivity contribution in [2.75, 3.05) is 33.0 Å². The molecular weight excluding hydrogens is 341 g/mol. The topological polar surface area (TPSA) is 58.5 Å². The number of ether oxygens (including phenoxy) is 1. The Morgan fingerprint density at radius 3 is 2.50 bits per heavy atom. The van der Waals surface area contributed by atoms with Crippen LogP contribution in [0.1, 0.15) is 19.4 Å². The van der Waals surface area contributed by atoms with Gasteiger partial charge in [-0.2, -0.15) is 24.9 Å². The number of aromatic nitrogens is 1. The quantitative estimate of drug-likeness (QED) is 0.443. The summed E-state index contributed by atoms with van der Waals surface area (Å²) in [4.78, 5) is 7.74. The monoisotopic (exact) mass is 364 g/mol. The lowest BCUT2D eigenvalue weighted by atomic mass is 10.2. The number of guanidine groups is 1. The maximum absolute atomic E-state index is 12.4. The Bertz CT molecular complexity index is 533. The highest BCUT2D eigenvalue weighted by molar-refractivity contribution is 7.99. The number of alkyl halides is 3. The summed E-state index contributed by atoms with van der Waals surface area (Å²) in [6, 6.07) is 2.15. The minimum Gasteiger partial charge on any atom is -0.476 e. The first kappa shape index (κ1) is 20.4. The molecule has 1 rings (SSSR count). The zero-order chi connectivity index (χ0) is 18.2. The van der Waals surface area contributed by atoms with E-state index in [-0.39, 0.29) is 17.2 Å². The average Bonchev–Trinajstić information content (AvgIpc) is 2.54. The van der Waals surface area contributed by atoms with E-state index >= 15 is 0 Å². The number of nitrogens with one attached hydrogen (secondary N) is 2. The Morgan fingerprint density at radius 1 is 1.29 bits per heavy atom. The molecule has 0 amide bonds. The number of halogens is 3. The van der Waals surface area contributed by atoms with E-state index in [0.29, 0.717) is 12.5 Å². The predicted molar refractivity (Wildman–Crippen MR) is 91.7 cm³/mol. The van der Waals surface area contributed by atoms with Crippen LogP contribution in [0.3, 0.4) is 0 Å². The van der Waals surface area contributed by atoms with Crippen molar-refractivity contribution in [3.05, 3.63) is 23.9 Å². The first-order valence-corrected chi connectivity index (χ1v) is 8.56. The molecule has 0 radical (unpaired) electrons. The van der Waals surface area contributed by atoms with Gasteiger partial charge >= 0.3 is 6.18 Å². The Hall–Kier alpha value is -1.64. The molecule has 0 bridgehead atoms. The minimum atomic E-state index is -4.39. The van der Waals surface area contributed by atoms with Crippen LogP contribution in [0.5, 0.6) is 5.88 Å². The molecule has 0 atom stereocenters. The number of aliphatic imine (C=N–C) groups is 1. The number of nitrogens with zero attached hydrogens (tertiary/aromatic N) is 2. The van der Waals surface area contributed by atoms with Crippen molar-refractivity contribution < 1.29 is 17.9 Å². The fourth-order valence-corrected chi connectivity index (χ4v) is 1.76. The smallest absolute Gasteiger partial charge is 0.417 e. The van der Waals surface area contributed by atoms with Crippen LogP contribution < -0.4 is 15.4 Å². The van der Waals surface area contributed by atoms with Crippen molar-refractivity contribution in [2.24, 2.45) is 4.99 Å². The van der Waals surface area contributed by atoms with Crippen LogP contribution in [0.15, 0.2) is 23.3 Å². The van der Waals surface area contributed by atoms with Crippen LogP contribution in [0.2, 0.25) is 0 Å². The third kappa shape index (κ3) is 7.29. The summed E-state index contributed by atoms with van der Waals surface area (Å²) < 4.78 is 42.7. The number of hydrogen-bond acceptors (Lipinski definition) is 4. The first-order valence-electron chi connectivity index (χ1n) is 7.33. The average molecular weight is 364 g/mol. The Labute approximate surface area is 144 Å². The largest absolute Gasteiger partial charge is 0.476 e. The lowest BCUT2D eigenvalue weighted by Gasteiger charge is -2.23. The number of thioether (sulfide) groups is 1. The van der Waals surface area contributed by atoms with Gasteiger partial charge in [-0.05, 0) is 26.2 Å². The fourth-order valence-electron chi connectivity index (χ4n) is 1.55. The predicted octanol–water partition coefficient (Wildman–Crippen LogP) is 2.79. The molecule has 0 unspecified atom stereocenters. The summed E-state index contributed by atoms with van der Waals surface area (Å²) in [6.45, 7) is 5.69. The van der Waals surface area contributed by atoms with Gasteiger partial charge in [-0.1, -0.05) is 0 Å². The van der Waals surface area contributed by atoms with Gasteiger partial charge in [0.15, 0.2) is 5.96 Å². The van der Waals surface area contributed by atoms with E-state index in [4.69, 9.17) is 4.74 Å². The molecular formula is C15H23F3N4OS.